The molecule has 2 heterocycles. The maximum atomic E-state index is 6.12. The Morgan fingerprint density at radius 1 is 1.19 bits per heavy atom. The van der Waals surface area contributed by atoms with Gasteiger partial charge < -0.3 is 15.0 Å². The Hall–Kier alpha value is -1.20. The summed E-state index contributed by atoms with van der Waals surface area (Å²) in [6.07, 6.45) is 4.81. The van der Waals surface area contributed by atoms with Crippen molar-refractivity contribution in [2.24, 2.45) is 0 Å². The number of anilines is 1. The van der Waals surface area contributed by atoms with Crippen molar-refractivity contribution in [2.45, 2.75) is 58.8 Å². The van der Waals surface area contributed by atoms with Crippen LogP contribution in [0.15, 0.2) is 12.4 Å². The molecule has 0 radical (unpaired) electrons. The number of rotatable bonds is 5. The molecule has 0 unspecified atom stereocenters. The number of ether oxygens (including phenoxy) is 1. The second-order valence-electron chi connectivity index (χ2n) is 7.02. The van der Waals surface area contributed by atoms with Gasteiger partial charge in [0, 0.05) is 25.8 Å². The summed E-state index contributed by atoms with van der Waals surface area (Å²) in [6.45, 7) is 14.1. The zero-order valence-corrected chi connectivity index (χ0v) is 13.9. The lowest BCUT2D eigenvalue weighted by molar-refractivity contribution is -0.133. The summed E-state index contributed by atoms with van der Waals surface area (Å²) < 4.78 is 6.12. The molecule has 1 fully saturated rings. The van der Waals surface area contributed by atoms with Gasteiger partial charge in [-0.2, -0.15) is 0 Å². The van der Waals surface area contributed by atoms with Gasteiger partial charge in [0.1, 0.15) is 5.82 Å². The predicted octanol–water partition coefficient (Wildman–Crippen LogP) is 2.37. The zero-order valence-electron chi connectivity index (χ0n) is 13.9. The summed E-state index contributed by atoms with van der Waals surface area (Å²) in [4.78, 5) is 11.4. The Bertz CT molecular complexity index is 457. The van der Waals surface area contributed by atoms with Gasteiger partial charge in [-0.05, 0) is 40.7 Å². The van der Waals surface area contributed by atoms with Gasteiger partial charge in [-0.25, -0.2) is 4.98 Å². The first-order valence-corrected chi connectivity index (χ1v) is 7.78. The number of nitrogens with one attached hydrogen (secondary N) is 1. The SMILES string of the molecule is CCCNCc1cncc(N2CC(C)(C)OC(C)(C)C2)n1. The fourth-order valence-corrected chi connectivity index (χ4v) is 2.98. The van der Waals surface area contributed by atoms with Crippen molar-refractivity contribution in [1.82, 2.24) is 15.3 Å². The van der Waals surface area contributed by atoms with Crippen LogP contribution in [0.1, 0.15) is 46.7 Å². The smallest absolute Gasteiger partial charge is 0.147 e. The van der Waals surface area contributed by atoms with Gasteiger partial charge in [-0.15, -0.1) is 0 Å². The summed E-state index contributed by atoms with van der Waals surface area (Å²) in [5.41, 5.74) is 0.628. The van der Waals surface area contributed by atoms with E-state index in [4.69, 9.17) is 9.72 Å². The molecular weight excluding hydrogens is 264 g/mol. The summed E-state index contributed by atoms with van der Waals surface area (Å²) in [5, 5.41) is 3.37. The monoisotopic (exact) mass is 292 g/mol. The maximum absolute atomic E-state index is 6.12. The Labute approximate surface area is 128 Å². The average Bonchev–Trinajstić information content (AvgIpc) is 2.36. The molecule has 2 rings (SSSR count). The van der Waals surface area contributed by atoms with Crippen LogP contribution in [0.5, 0.6) is 0 Å². The van der Waals surface area contributed by atoms with Crippen LogP contribution in [-0.2, 0) is 11.3 Å². The third-order valence-electron chi connectivity index (χ3n) is 3.42. The van der Waals surface area contributed by atoms with Crippen LogP contribution in [0.3, 0.4) is 0 Å². The molecule has 118 valence electrons. The molecule has 1 aliphatic heterocycles. The van der Waals surface area contributed by atoms with Crippen LogP contribution in [0.2, 0.25) is 0 Å². The van der Waals surface area contributed by atoms with Crippen molar-refractivity contribution in [1.29, 1.82) is 0 Å². The van der Waals surface area contributed by atoms with Crippen molar-refractivity contribution >= 4 is 5.82 Å². The van der Waals surface area contributed by atoms with Crippen molar-refractivity contribution in [2.75, 3.05) is 24.5 Å². The fraction of sp³-hybridized carbons (Fsp3) is 0.750. The van der Waals surface area contributed by atoms with E-state index in [2.05, 4.69) is 49.8 Å². The molecule has 0 spiro atoms. The molecular formula is C16H28N4O. The minimum absolute atomic E-state index is 0.181. The lowest BCUT2D eigenvalue weighted by atomic mass is 9.99. The van der Waals surface area contributed by atoms with Crippen molar-refractivity contribution in [3.63, 3.8) is 0 Å². The highest BCUT2D eigenvalue weighted by molar-refractivity contribution is 5.38. The van der Waals surface area contributed by atoms with Gasteiger partial charge in [0.25, 0.3) is 0 Å². The van der Waals surface area contributed by atoms with E-state index >= 15 is 0 Å². The van der Waals surface area contributed by atoms with Crippen molar-refractivity contribution in [3.8, 4) is 0 Å². The second-order valence-corrected chi connectivity index (χ2v) is 7.02. The summed E-state index contributed by atoms with van der Waals surface area (Å²) >= 11 is 0. The maximum Gasteiger partial charge on any atom is 0.147 e. The lowest BCUT2D eigenvalue weighted by Gasteiger charge is -2.47. The van der Waals surface area contributed by atoms with Gasteiger partial charge in [0.05, 0.1) is 23.1 Å². The third-order valence-corrected chi connectivity index (χ3v) is 3.42. The minimum Gasteiger partial charge on any atom is -0.366 e. The Morgan fingerprint density at radius 2 is 1.86 bits per heavy atom. The molecule has 5 nitrogen and oxygen atoms in total. The molecule has 1 saturated heterocycles. The van der Waals surface area contributed by atoms with Crippen LogP contribution >= 0.6 is 0 Å². The summed E-state index contributed by atoms with van der Waals surface area (Å²) in [5.74, 6) is 0.940. The topological polar surface area (TPSA) is 50.3 Å². The molecule has 0 atom stereocenters. The molecule has 1 aromatic heterocycles. The van der Waals surface area contributed by atoms with E-state index in [0.717, 1.165) is 44.1 Å². The quantitative estimate of drug-likeness (QED) is 0.844. The Balaban J connectivity index is 2.11. The van der Waals surface area contributed by atoms with Crippen LogP contribution in [0.4, 0.5) is 5.82 Å². The molecule has 0 bridgehead atoms. The first-order valence-electron chi connectivity index (χ1n) is 7.78. The van der Waals surface area contributed by atoms with E-state index < -0.39 is 0 Å². The standard InChI is InChI=1S/C16H28N4O/c1-6-7-17-8-13-9-18-10-14(19-13)20-11-15(2,3)21-16(4,5)12-20/h9-10,17H,6-8,11-12H2,1-5H3. The third kappa shape index (κ3) is 4.64. The number of aromatic nitrogens is 2. The minimum atomic E-state index is -0.181. The van der Waals surface area contributed by atoms with Gasteiger partial charge in [0.15, 0.2) is 0 Å². The van der Waals surface area contributed by atoms with E-state index in [9.17, 15) is 0 Å². The number of morpholine rings is 1. The van der Waals surface area contributed by atoms with Gasteiger partial charge >= 0.3 is 0 Å². The van der Waals surface area contributed by atoms with E-state index in [1.54, 1.807) is 0 Å². The lowest BCUT2D eigenvalue weighted by Crippen LogP contribution is -2.57. The molecule has 5 heteroatoms. The predicted molar refractivity (Wildman–Crippen MR) is 85.5 cm³/mol. The van der Waals surface area contributed by atoms with E-state index in [0.29, 0.717) is 0 Å². The molecule has 0 saturated carbocycles. The Morgan fingerprint density at radius 3 is 2.48 bits per heavy atom. The van der Waals surface area contributed by atoms with Crippen molar-refractivity contribution in [3.05, 3.63) is 18.1 Å². The van der Waals surface area contributed by atoms with Crippen LogP contribution in [-0.4, -0.2) is 40.8 Å². The molecule has 1 aromatic rings. The summed E-state index contributed by atoms with van der Waals surface area (Å²) in [6, 6.07) is 0. The van der Waals surface area contributed by atoms with Gasteiger partial charge in [-0.3, -0.25) is 4.98 Å². The van der Waals surface area contributed by atoms with Crippen LogP contribution in [0.25, 0.3) is 0 Å². The van der Waals surface area contributed by atoms with E-state index in [-0.39, 0.29) is 11.2 Å². The second kappa shape index (κ2) is 6.28. The molecule has 21 heavy (non-hydrogen) atoms. The first kappa shape index (κ1) is 16.2. The first-order chi connectivity index (χ1) is 9.81. The molecule has 0 aliphatic carbocycles. The number of hydrogen-bond acceptors (Lipinski definition) is 5. The van der Waals surface area contributed by atoms with E-state index in [1.807, 2.05) is 12.4 Å². The zero-order chi connectivity index (χ0) is 15.5. The highest BCUT2D eigenvalue weighted by Crippen LogP contribution is 2.30. The highest BCUT2D eigenvalue weighted by Gasteiger charge is 2.38. The van der Waals surface area contributed by atoms with Crippen molar-refractivity contribution < 1.29 is 4.74 Å². The number of nitrogens with zero attached hydrogens (tertiary/aromatic N) is 3. The fourth-order valence-electron chi connectivity index (χ4n) is 2.98. The average molecular weight is 292 g/mol. The molecule has 1 N–H and O–H groups in total. The normalized spacial score (nSPS) is 20.5. The summed E-state index contributed by atoms with van der Waals surface area (Å²) in [7, 11) is 0. The molecule has 0 amide bonds. The molecule has 0 aromatic carbocycles. The van der Waals surface area contributed by atoms with Crippen LogP contribution in [0, 0.1) is 0 Å². The number of hydrogen-bond donors (Lipinski definition) is 1. The molecule has 1 aliphatic rings. The van der Waals surface area contributed by atoms with Crippen LogP contribution < -0.4 is 10.2 Å². The largest absolute Gasteiger partial charge is 0.366 e. The van der Waals surface area contributed by atoms with E-state index in [1.165, 1.54) is 0 Å². The Kier molecular flexibility index (Phi) is 4.84. The van der Waals surface area contributed by atoms with Gasteiger partial charge in [-0.1, -0.05) is 6.92 Å². The van der Waals surface area contributed by atoms with Gasteiger partial charge in [0.2, 0.25) is 0 Å². The highest BCUT2D eigenvalue weighted by atomic mass is 16.5.